The van der Waals surface area contributed by atoms with Gasteiger partial charge >= 0.3 is 0 Å². The summed E-state index contributed by atoms with van der Waals surface area (Å²) in [6.07, 6.45) is 0. The van der Waals surface area contributed by atoms with Crippen molar-refractivity contribution in [1.82, 2.24) is 4.90 Å². The standard InChI is InChI=1S/C12H18N2O4S/c1-8-6-11(19(13,16)17)9(2)5-10(8)18-7-12(15)14(3)4/h5-6H,7H2,1-4H3,(H2,13,16,17). The van der Waals surface area contributed by atoms with Crippen LogP contribution in [0.5, 0.6) is 5.75 Å². The van der Waals surface area contributed by atoms with Crippen LogP contribution >= 0.6 is 0 Å². The first-order valence-electron chi connectivity index (χ1n) is 5.60. The maximum Gasteiger partial charge on any atom is 0.259 e. The number of amides is 1. The average molecular weight is 286 g/mol. The first-order valence-corrected chi connectivity index (χ1v) is 7.14. The van der Waals surface area contributed by atoms with Gasteiger partial charge in [0.05, 0.1) is 4.90 Å². The van der Waals surface area contributed by atoms with Crippen molar-refractivity contribution in [2.24, 2.45) is 5.14 Å². The Morgan fingerprint density at radius 1 is 1.26 bits per heavy atom. The fourth-order valence-corrected chi connectivity index (χ4v) is 2.34. The largest absolute Gasteiger partial charge is 0.483 e. The number of ether oxygens (including phenoxy) is 1. The van der Waals surface area contributed by atoms with Gasteiger partial charge in [-0.3, -0.25) is 4.79 Å². The molecule has 0 unspecified atom stereocenters. The Kier molecular flexibility index (Phi) is 4.54. The van der Waals surface area contributed by atoms with Gasteiger partial charge in [0.15, 0.2) is 6.61 Å². The second-order valence-corrected chi connectivity index (χ2v) is 6.03. The molecule has 0 aliphatic rings. The van der Waals surface area contributed by atoms with E-state index in [2.05, 4.69) is 0 Å². The van der Waals surface area contributed by atoms with Crippen molar-refractivity contribution in [3.63, 3.8) is 0 Å². The molecule has 0 fully saturated rings. The molecular formula is C12H18N2O4S. The number of rotatable bonds is 4. The van der Waals surface area contributed by atoms with Crippen molar-refractivity contribution in [2.45, 2.75) is 18.7 Å². The summed E-state index contributed by atoms with van der Waals surface area (Å²) in [4.78, 5) is 12.9. The molecule has 0 radical (unpaired) electrons. The normalized spacial score (nSPS) is 11.2. The summed E-state index contributed by atoms with van der Waals surface area (Å²) in [6, 6.07) is 3.01. The molecule has 1 amide bonds. The van der Waals surface area contributed by atoms with E-state index in [-0.39, 0.29) is 17.4 Å². The molecule has 0 aliphatic heterocycles. The van der Waals surface area contributed by atoms with Crippen molar-refractivity contribution < 1.29 is 17.9 Å². The van der Waals surface area contributed by atoms with Gasteiger partial charge in [-0.2, -0.15) is 0 Å². The lowest BCUT2D eigenvalue weighted by Crippen LogP contribution is -2.27. The van der Waals surface area contributed by atoms with Gasteiger partial charge in [-0.05, 0) is 37.1 Å². The van der Waals surface area contributed by atoms with E-state index < -0.39 is 10.0 Å². The molecule has 0 saturated carbocycles. The molecule has 0 heterocycles. The van der Waals surface area contributed by atoms with E-state index in [0.717, 1.165) is 0 Å². The van der Waals surface area contributed by atoms with Crippen molar-refractivity contribution in [2.75, 3.05) is 20.7 Å². The van der Waals surface area contributed by atoms with Gasteiger partial charge in [0.1, 0.15) is 5.75 Å². The molecule has 1 rings (SSSR count). The second kappa shape index (κ2) is 5.58. The minimum absolute atomic E-state index is 0.0660. The summed E-state index contributed by atoms with van der Waals surface area (Å²) < 4.78 is 28.1. The average Bonchev–Trinajstić information content (AvgIpc) is 2.27. The number of primary sulfonamides is 1. The van der Waals surface area contributed by atoms with Crippen LogP contribution in [0.1, 0.15) is 11.1 Å². The van der Waals surface area contributed by atoms with Crippen molar-refractivity contribution in [3.05, 3.63) is 23.3 Å². The molecule has 1 aromatic rings. The number of carbonyl (C=O) groups is 1. The number of hydrogen-bond donors (Lipinski definition) is 1. The number of benzene rings is 1. The third-order valence-electron chi connectivity index (χ3n) is 2.63. The van der Waals surface area contributed by atoms with Crippen LogP contribution in [0.3, 0.4) is 0 Å². The SMILES string of the molecule is Cc1cc(S(N)(=O)=O)c(C)cc1OCC(=O)N(C)C. The zero-order valence-electron chi connectivity index (χ0n) is 11.4. The summed E-state index contributed by atoms with van der Waals surface area (Å²) >= 11 is 0. The fourth-order valence-electron chi connectivity index (χ4n) is 1.49. The van der Waals surface area contributed by atoms with E-state index in [1.165, 1.54) is 11.0 Å². The zero-order valence-corrected chi connectivity index (χ0v) is 12.2. The van der Waals surface area contributed by atoms with E-state index in [9.17, 15) is 13.2 Å². The van der Waals surface area contributed by atoms with Crippen LogP contribution in [0.4, 0.5) is 0 Å². The van der Waals surface area contributed by atoms with Crippen LogP contribution in [0.25, 0.3) is 0 Å². The highest BCUT2D eigenvalue weighted by molar-refractivity contribution is 7.89. The number of nitrogens with two attached hydrogens (primary N) is 1. The molecule has 6 nitrogen and oxygen atoms in total. The third-order valence-corrected chi connectivity index (χ3v) is 3.68. The Bertz CT molecular complexity index is 594. The van der Waals surface area contributed by atoms with Gasteiger partial charge < -0.3 is 9.64 Å². The first-order chi connectivity index (χ1) is 8.62. The molecule has 0 saturated heterocycles. The molecule has 1 aromatic carbocycles. The van der Waals surface area contributed by atoms with E-state index >= 15 is 0 Å². The Morgan fingerprint density at radius 3 is 2.32 bits per heavy atom. The number of nitrogens with zero attached hydrogens (tertiary/aromatic N) is 1. The monoisotopic (exact) mass is 286 g/mol. The summed E-state index contributed by atoms with van der Waals surface area (Å²) in [6.45, 7) is 3.23. The highest BCUT2D eigenvalue weighted by Crippen LogP contribution is 2.25. The van der Waals surface area contributed by atoms with Crippen molar-refractivity contribution in [3.8, 4) is 5.75 Å². The summed E-state index contributed by atoms with van der Waals surface area (Å²) in [7, 11) is -0.483. The zero-order chi connectivity index (χ0) is 14.8. The predicted molar refractivity (Wildman–Crippen MR) is 71.5 cm³/mol. The Labute approximate surface area is 113 Å². The molecule has 0 aromatic heterocycles. The van der Waals surface area contributed by atoms with E-state index in [0.29, 0.717) is 16.9 Å². The smallest absolute Gasteiger partial charge is 0.259 e. The minimum atomic E-state index is -3.75. The summed E-state index contributed by atoms with van der Waals surface area (Å²) in [5, 5.41) is 5.11. The van der Waals surface area contributed by atoms with Crippen LogP contribution in [0.15, 0.2) is 17.0 Å². The van der Waals surface area contributed by atoms with Gasteiger partial charge in [-0.25, -0.2) is 13.6 Å². The van der Waals surface area contributed by atoms with Crippen LogP contribution < -0.4 is 9.88 Å². The topological polar surface area (TPSA) is 89.7 Å². The molecule has 0 bridgehead atoms. The fraction of sp³-hybridized carbons (Fsp3) is 0.417. The van der Waals surface area contributed by atoms with Gasteiger partial charge in [-0.1, -0.05) is 0 Å². The maximum atomic E-state index is 11.4. The Morgan fingerprint density at radius 2 is 1.84 bits per heavy atom. The number of sulfonamides is 1. The molecule has 0 aliphatic carbocycles. The molecule has 7 heteroatoms. The van der Waals surface area contributed by atoms with Crippen LogP contribution in [-0.4, -0.2) is 39.9 Å². The van der Waals surface area contributed by atoms with Gasteiger partial charge in [-0.15, -0.1) is 0 Å². The quantitative estimate of drug-likeness (QED) is 0.868. The van der Waals surface area contributed by atoms with Crippen molar-refractivity contribution in [1.29, 1.82) is 0 Å². The van der Waals surface area contributed by atoms with Gasteiger partial charge in [0, 0.05) is 14.1 Å². The molecular weight excluding hydrogens is 268 g/mol. The lowest BCUT2D eigenvalue weighted by atomic mass is 10.1. The predicted octanol–water partition coefficient (Wildman–Crippen LogP) is 0.418. The first kappa shape index (κ1) is 15.5. The molecule has 106 valence electrons. The summed E-state index contributed by atoms with van der Waals surface area (Å²) in [5.41, 5.74) is 1.10. The van der Waals surface area contributed by atoms with Gasteiger partial charge in [0.25, 0.3) is 5.91 Å². The molecule has 19 heavy (non-hydrogen) atoms. The lowest BCUT2D eigenvalue weighted by molar-refractivity contribution is -0.130. The number of carbonyl (C=O) groups excluding carboxylic acids is 1. The third kappa shape index (κ3) is 3.93. The highest BCUT2D eigenvalue weighted by Gasteiger charge is 2.15. The van der Waals surface area contributed by atoms with Crippen molar-refractivity contribution >= 4 is 15.9 Å². The minimum Gasteiger partial charge on any atom is -0.483 e. The number of likely N-dealkylation sites (N-methyl/N-ethyl adjacent to an activating group) is 1. The lowest BCUT2D eigenvalue weighted by Gasteiger charge is -2.14. The van der Waals surface area contributed by atoms with Crippen LogP contribution in [-0.2, 0) is 14.8 Å². The number of aryl methyl sites for hydroxylation is 2. The highest BCUT2D eigenvalue weighted by atomic mass is 32.2. The molecule has 0 atom stereocenters. The van der Waals surface area contributed by atoms with Crippen LogP contribution in [0, 0.1) is 13.8 Å². The number of hydrogen-bond acceptors (Lipinski definition) is 4. The second-order valence-electron chi connectivity index (χ2n) is 4.51. The Balaban J connectivity index is 3.00. The van der Waals surface area contributed by atoms with E-state index in [1.54, 1.807) is 34.0 Å². The summed E-state index contributed by atoms with van der Waals surface area (Å²) in [5.74, 6) is 0.299. The van der Waals surface area contributed by atoms with Crippen LogP contribution in [0.2, 0.25) is 0 Å². The maximum absolute atomic E-state index is 11.4. The van der Waals surface area contributed by atoms with E-state index in [1.807, 2.05) is 0 Å². The van der Waals surface area contributed by atoms with Gasteiger partial charge in [0.2, 0.25) is 10.0 Å². The Hall–Kier alpha value is -1.60. The molecule has 2 N–H and O–H groups in total. The van der Waals surface area contributed by atoms with E-state index in [4.69, 9.17) is 9.88 Å². The molecule has 0 spiro atoms.